The van der Waals surface area contributed by atoms with Crippen LogP contribution in [0.2, 0.25) is 5.02 Å². The third kappa shape index (κ3) is 3.23. The van der Waals surface area contributed by atoms with Gasteiger partial charge in [-0.05, 0) is 12.1 Å². The molecule has 0 saturated carbocycles. The van der Waals surface area contributed by atoms with E-state index in [1.54, 1.807) is 6.07 Å². The topological polar surface area (TPSA) is 75.4 Å². The highest BCUT2D eigenvalue weighted by Crippen LogP contribution is 2.32. The molecule has 0 aliphatic rings. The van der Waals surface area contributed by atoms with Crippen LogP contribution in [0.25, 0.3) is 0 Å². The van der Waals surface area contributed by atoms with Gasteiger partial charge in [0.15, 0.2) is 0 Å². The van der Waals surface area contributed by atoms with Crippen LogP contribution >= 0.6 is 23.2 Å². The summed E-state index contributed by atoms with van der Waals surface area (Å²) in [5.41, 5.74) is 0.0626. The number of aliphatic hydroxyl groups excluding tert-OH is 1. The number of alkyl halides is 1. The Morgan fingerprint density at radius 1 is 1.56 bits per heavy atom. The number of nitro benzene ring substituents is 1. The van der Waals surface area contributed by atoms with Crippen LogP contribution in [-0.2, 0) is 0 Å². The number of anilines is 1. The van der Waals surface area contributed by atoms with E-state index in [-0.39, 0.29) is 28.8 Å². The van der Waals surface area contributed by atoms with Gasteiger partial charge in [-0.2, -0.15) is 0 Å². The molecule has 0 saturated heterocycles. The van der Waals surface area contributed by atoms with Crippen LogP contribution in [0, 0.1) is 10.1 Å². The molecular formula is C9H10Cl2N2O3. The molecule has 5 nitrogen and oxygen atoms in total. The monoisotopic (exact) mass is 264 g/mol. The van der Waals surface area contributed by atoms with E-state index in [0.29, 0.717) is 0 Å². The molecule has 1 rings (SSSR count). The maximum Gasteiger partial charge on any atom is 0.310 e. The normalized spacial score (nSPS) is 12.2. The fraction of sp³-hybridized carbons (Fsp3) is 0.333. The van der Waals surface area contributed by atoms with Gasteiger partial charge >= 0.3 is 5.69 Å². The van der Waals surface area contributed by atoms with Crippen LogP contribution in [0.5, 0.6) is 0 Å². The molecule has 16 heavy (non-hydrogen) atoms. The largest absolute Gasteiger partial charge is 0.390 e. The van der Waals surface area contributed by atoms with E-state index < -0.39 is 11.0 Å². The van der Waals surface area contributed by atoms with Gasteiger partial charge in [0, 0.05) is 6.54 Å². The Bertz CT molecular complexity index is 387. The second-order valence-corrected chi connectivity index (χ2v) is 3.80. The molecule has 7 heteroatoms. The first kappa shape index (κ1) is 13.0. The van der Waals surface area contributed by atoms with Gasteiger partial charge in [0.25, 0.3) is 0 Å². The Kier molecular flexibility index (Phi) is 4.79. The van der Waals surface area contributed by atoms with Gasteiger partial charge in [0.05, 0.1) is 16.9 Å². The average molecular weight is 265 g/mol. The highest BCUT2D eigenvalue weighted by molar-refractivity contribution is 6.33. The zero-order valence-electron chi connectivity index (χ0n) is 8.19. The van der Waals surface area contributed by atoms with Gasteiger partial charge in [-0.15, -0.1) is 11.6 Å². The number of hydrogen-bond acceptors (Lipinski definition) is 4. The van der Waals surface area contributed by atoms with E-state index >= 15 is 0 Å². The highest BCUT2D eigenvalue weighted by Gasteiger charge is 2.18. The summed E-state index contributed by atoms with van der Waals surface area (Å²) in [6.45, 7) is 0.130. The third-order valence-corrected chi connectivity index (χ3v) is 2.54. The van der Waals surface area contributed by atoms with Gasteiger partial charge in [-0.25, -0.2) is 0 Å². The average Bonchev–Trinajstić information content (AvgIpc) is 2.25. The predicted molar refractivity (Wildman–Crippen MR) is 63.3 cm³/mol. The molecule has 1 aromatic rings. The zero-order valence-corrected chi connectivity index (χ0v) is 9.70. The van der Waals surface area contributed by atoms with Crippen molar-refractivity contribution in [1.29, 1.82) is 0 Å². The minimum Gasteiger partial charge on any atom is -0.390 e. The number of nitro groups is 1. The molecule has 0 aromatic heterocycles. The minimum absolute atomic E-state index is 0.0513. The SMILES string of the molecule is O=[N+]([O-])c1c(Cl)cccc1NCC(O)CCl. The van der Waals surface area contributed by atoms with E-state index in [1.807, 2.05) is 0 Å². The summed E-state index contributed by atoms with van der Waals surface area (Å²) >= 11 is 11.1. The van der Waals surface area contributed by atoms with E-state index in [9.17, 15) is 15.2 Å². The highest BCUT2D eigenvalue weighted by atomic mass is 35.5. The molecule has 0 aliphatic heterocycles. The number of nitrogens with one attached hydrogen (secondary N) is 1. The number of halogens is 2. The molecule has 1 atom stereocenters. The number of aliphatic hydroxyl groups is 1. The van der Waals surface area contributed by atoms with Gasteiger partial charge in [0.2, 0.25) is 0 Å². The fourth-order valence-corrected chi connectivity index (χ4v) is 1.48. The lowest BCUT2D eigenvalue weighted by molar-refractivity contribution is -0.383. The van der Waals surface area contributed by atoms with Crippen molar-refractivity contribution in [3.63, 3.8) is 0 Å². The first-order chi connectivity index (χ1) is 7.56. The molecule has 0 amide bonds. The molecule has 88 valence electrons. The maximum atomic E-state index is 10.7. The number of hydrogen-bond donors (Lipinski definition) is 2. The zero-order chi connectivity index (χ0) is 12.1. The molecule has 0 bridgehead atoms. The van der Waals surface area contributed by atoms with Crippen LogP contribution in [0.1, 0.15) is 0 Å². The van der Waals surface area contributed by atoms with Crippen LogP contribution in [0.15, 0.2) is 18.2 Å². The lowest BCUT2D eigenvalue weighted by atomic mass is 10.2. The molecule has 0 spiro atoms. The Balaban J connectivity index is 2.87. The summed E-state index contributed by atoms with van der Waals surface area (Å²) in [4.78, 5) is 10.2. The molecular weight excluding hydrogens is 255 g/mol. The van der Waals surface area contributed by atoms with Crippen LogP contribution < -0.4 is 5.32 Å². The Morgan fingerprint density at radius 2 is 2.25 bits per heavy atom. The summed E-state index contributed by atoms with van der Waals surface area (Å²) in [6.07, 6.45) is -0.764. The molecule has 0 fully saturated rings. The summed E-state index contributed by atoms with van der Waals surface area (Å²) in [6, 6.07) is 4.54. The third-order valence-electron chi connectivity index (χ3n) is 1.88. The van der Waals surface area contributed by atoms with E-state index in [1.165, 1.54) is 12.1 Å². The van der Waals surface area contributed by atoms with Crippen molar-refractivity contribution in [1.82, 2.24) is 0 Å². The van der Waals surface area contributed by atoms with E-state index in [2.05, 4.69) is 5.32 Å². The van der Waals surface area contributed by atoms with Crippen molar-refractivity contribution in [3.8, 4) is 0 Å². The molecule has 2 N–H and O–H groups in total. The molecule has 0 heterocycles. The van der Waals surface area contributed by atoms with Crippen LogP contribution in [-0.4, -0.2) is 28.6 Å². The van der Waals surface area contributed by atoms with Crippen molar-refractivity contribution < 1.29 is 10.0 Å². The quantitative estimate of drug-likeness (QED) is 0.486. The van der Waals surface area contributed by atoms with Gasteiger partial charge in [-0.1, -0.05) is 17.7 Å². The van der Waals surface area contributed by atoms with Crippen LogP contribution in [0.3, 0.4) is 0 Å². The standard InChI is InChI=1S/C9H10Cl2N2O3/c10-4-6(14)5-12-8-3-1-2-7(11)9(8)13(15)16/h1-3,6,12,14H,4-5H2. The van der Waals surface area contributed by atoms with Gasteiger partial charge in [0.1, 0.15) is 10.7 Å². The Morgan fingerprint density at radius 3 is 2.81 bits per heavy atom. The second kappa shape index (κ2) is 5.89. The summed E-state index contributed by atoms with van der Waals surface area (Å²) in [5.74, 6) is 0.0569. The van der Waals surface area contributed by atoms with E-state index in [0.717, 1.165) is 0 Å². The fourth-order valence-electron chi connectivity index (χ4n) is 1.13. The maximum absolute atomic E-state index is 10.7. The van der Waals surface area contributed by atoms with E-state index in [4.69, 9.17) is 23.2 Å². The molecule has 1 aromatic carbocycles. The van der Waals surface area contributed by atoms with Crippen molar-refractivity contribution in [2.75, 3.05) is 17.7 Å². The Hall–Kier alpha value is -1.04. The lowest BCUT2D eigenvalue weighted by Crippen LogP contribution is -2.21. The summed E-state index contributed by atoms with van der Waals surface area (Å²) in [7, 11) is 0. The van der Waals surface area contributed by atoms with Gasteiger partial charge in [-0.3, -0.25) is 10.1 Å². The first-order valence-electron chi connectivity index (χ1n) is 4.47. The summed E-state index contributed by atoms with van der Waals surface area (Å²) in [5, 5.41) is 22.7. The summed E-state index contributed by atoms with van der Waals surface area (Å²) < 4.78 is 0. The predicted octanol–water partition coefficient (Wildman–Crippen LogP) is 2.26. The molecule has 1 unspecified atom stereocenters. The van der Waals surface area contributed by atoms with Crippen molar-refractivity contribution in [2.24, 2.45) is 0 Å². The Labute approximate surface area is 102 Å². The van der Waals surface area contributed by atoms with Gasteiger partial charge < -0.3 is 10.4 Å². The lowest BCUT2D eigenvalue weighted by Gasteiger charge is -2.10. The number of nitrogens with zero attached hydrogens (tertiary/aromatic N) is 1. The number of benzene rings is 1. The van der Waals surface area contributed by atoms with Crippen LogP contribution in [0.4, 0.5) is 11.4 Å². The van der Waals surface area contributed by atoms with Crippen molar-refractivity contribution in [2.45, 2.75) is 6.10 Å². The number of rotatable bonds is 5. The van der Waals surface area contributed by atoms with Crippen molar-refractivity contribution >= 4 is 34.6 Å². The number of para-hydroxylation sites is 1. The first-order valence-corrected chi connectivity index (χ1v) is 5.38. The van der Waals surface area contributed by atoms with Crippen molar-refractivity contribution in [3.05, 3.63) is 33.3 Å². The molecule has 0 aliphatic carbocycles. The minimum atomic E-state index is -0.764. The molecule has 0 radical (unpaired) electrons. The second-order valence-electron chi connectivity index (χ2n) is 3.08. The smallest absolute Gasteiger partial charge is 0.310 e.